The summed E-state index contributed by atoms with van der Waals surface area (Å²) >= 11 is 0. The smallest absolute Gasteiger partial charge is 0.103 e. The molecule has 1 unspecified atom stereocenters. The number of hydrogen-bond acceptors (Lipinski definition) is 4. The normalized spacial score (nSPS) is 12.1. The number of hydrogen-bond donors (Lipinski definition) is 1. The third-order valence-electron chi connectivity index (χ3n) is 3.26. The van der Waals surface area contributed by atoms with E-state index < -0.39 is 0 Å². The highest BCUT2D eigenvalue weighted by molar-refractivity contribution is 5.41. The highest BCUT2D eigenvalue weighted by atomic mass is 15.4. The Labute approximate surface area is 119 Å². The Hall–Kier alpha value is -2.19. The molecular weight excluding hydrogens is 250 g/mol. The molecule has 1 atom stereocenters. The van der Waals surface area contributed by atoms with Crippen LogP contribution in [0.15, 0.2) is 24.3 Å². The Balaban J connectivity index is 2.30. The van der Waals surface area contributed by atoms with Gasteiger partial charge in [0.05, 0.1) is 29.1 Å². The van der Waals surface area contributed by atoms with Crippen LogP contribution < -0.4 is 5.32 Å². The molecule has 1 aromatic carbocycles. The van der Waals surface area contributed by atoms with Crippen LogP contribution in [0.4, 0.5) is 0 Å². The van der Waals surface area contributed by atoms with E-state index in [1.54, 1.807) is 10.7 Å². The van der Waals surface area contributed by atoms with Crippen LogP contribution in [0.1, 0.15) is 43.3 Å². The van der Waals surface area contributed by atoms with Crippen LogP contribution in [0.25, 0.3) is 5.69 Å². The predicted octanol–water partition coefficient (Wildman–Crippen LogP) is 2.51. The first-order valence-electron chi connectivity index (χ1n) is 6.83. The number of nitrogens with zero attached hydrogens (tertiary/aromatic N) is 4. The minimum atomic E-state index is 0.169. The van der Waals surface area contributed by atoms with E-state index in [9.17, 15) is 0 Å². The standard InChI is InChI=1S/C15H19N5/c1-4-8-17-11(2)15-12(3)20(19-18-15)14-7-5-6-13(9-14)10-16/h5-7,9,11,17H,4,8H2,1-3H3. The van der Waals surface area contributed by atoms with E-state index >= 15 is 0 Å². The van der Waals surface area contributed by atoms with Crippen molar-refractivity contribution in [1.29, 1.82) is 5.26 Å². The van der Waals surface area contributed by atoms with Crippen molar-refractivity contribution in [3.63, 3.8) is 0 Å². The topological polar surface area (TPSA) is 66.5 Å². The number of nitriles is 1. The van der Waals surface area contributed by atoms with Gasteiger partial charge in [-0.2, -0.15) is 5.26 Å². The van der Waals surface area contributed by atoms with Crippen molar-refractivity contribution in [1.82, 2.24) is 20.3 Å². The van der Waals surface area contributed by atoms with Crippen molar-refractivity contribution >= 4 is 0 Å². The van der Waals surface area contributed by atoms with Gasteiger partial charge < -0.3 is 5.32 Å². The molecule has 5 heteroatoms. The van der Waals surface area contributed by atoms with Gasteiger partial charge in [0, 0.05) is 0 Å². The molecule has 0 radical (unpaired) electrons. The van der Waals surface area contributed by atoms with Gasteiger partial charge >= 0.3 is 0 Å². The summed E-state index contributed by atoms with van der Waals surface area (Å²) in [4.78, 5) is 0. The van der Waals surface area contributed by atoms with Gasteiger partial charge in [-0.1, -0.05) is 18.2 Å². The van der Waals surface area contributed by atoms with Gasteiger partial charge in [0.25, 0.3) is 0 Å². The SMILES string of the molecule is CCCNC(C)c1nnn(-c2cccc(C#N)c2)c1C. The van der Waals surface area contributed by atoms with Crippen molar-refractivity contribution in [3.05, 3.63) is 41.2 Å². The van der Waals surface area contributed by atoms with Gasteiger partial charge in [0.1, 0.15) is 5.69 Å². The van der Waals surface area contributed by atoms with E-state index in [2.05, 4.69) is 35.5 Å². The number of benzene rings is 1. The van der Waals surface area contributed by atoms with E-state index in [0.717, 1.165) is 30.0 Å². The quantitative estimate of drug-likeness (QED) is 0.905. The summed E-state index contributed by atoms with van der Waals surface area (Å²) in [6.07, 6.45) is 1.09. The minimum absolute atomic E-state index is 0.169. The molecule has 2 rings (SSSR count). The average molecular weight is 269 g/mol. The highest BCUT2D eigenvalue weighted by Gasteiger charge is 2.15. The lowest BCUT2D eigenvalue weighted by Crippen LogP contribution is -2.20. The fourth-order valence-electron chi connectivity index (χ4n) is 2.15. The third kappa shape index (κ3) is 2.86. The lowest BCUT2D eigenvalue weighted by atomic mass is 10.2. The van der Waals surface area contributed by atoms with Gasteiger partial charge in [0.15, 0.2) is 0 Å². The summed E-state index contributed by atoms with van der Waals surface area (Å²) in [5.41, 5.74) is 3.43. The summed E-state index contributed by atoms with van der Waals surface area (Å²) in [6.45, 7) is 7.18. The van der Waals surface area contributed by atoms with Crippen molar-refractivity contribution < 1.29 is 0 Å². The van der Waals surface area contributed by atoms with Gasteiger partial charge in [-0.15, -0.1) is 5.10 Å². The fourth-order valence-corrected chi connectivity index (χ4v) is 2.15. The van der Waals surface area contributed by atoms with Crippen LogP contribution in [0.3, 0.4) is 0 Å². The number of nitrogens with one attached hydrogen (secondary N) is 1. The second kappa shape index (κ2) is 6.31. The summed E-state index contributed by atoms with van der Waals surface area (Å²) < 4.78 is 1.78. The highest BCUT2D eigenvalue weighted by Crippen LogP contribution is 2.18. The molecular formula is C15H19N5. The molecule has 0 saturated heterocycles. The first-order chi connectivity index (χ1) is 9.67. The molecule has 2 aromatic rings. The molecule has 5 nitrogen and oxygen atoms in total. The molecule has 1 N–H and O–H groups in total. The summed E-state index contributed by atoms with van der Waals surface area (Å²) in [7, 11) is 0. The minimum Gasteiger partial charge on any atom is -0.309 e. The van der Waals surface area contributed by atoms with Crippen LogP contribution in [0.5, 0.6) is 0 Å². The van der Waals surface area contributed by atoms with Crippen LogP contribution in [-0.4, -0.2) is 21.5 Å². The molecule has 104 valence electrons. The summed E-state index contributed by atoms with van der Waals surface area (Å²) in [5.74, 6) is 0. The van der Waals surface area contributed by atoms with Crippen molar-refractivity contribution in [2.24, 2.45) is 0 Å². The first kappa shape index (κ1) is 14.2. The Bertz CT molecular complexity index is 623. The molecule has 0 aliphatic carbocycles. The first-order valence-corrected chi connectivity index (χ1v) is 6.83. The largest absolute Gasteiger partial charge is 0.309 e. The average Bonchev–Trinajstić information content (AvgIpc) is 2.86. The lowest BCUT2D eigenvalue weighted by Gasteiger charge is -2.11. The molecule has 0 fully saturated rings. The number of aromatic nitrogens is 3. The van der Waals surface area contributed by atoms with Crippen LogP contribution >= 0.6 is 0 Å². The summed E-state index contributed by atoms with van der Waals surface area (Å²) in [6, 6.07) is 9.69. The van der Waals surface area contributed by atoms with Gasteiger partial charge in [-0.3, -0.25) is 0 Å². The maximum Gasteiger partial charge on any atom is 0.103 e. The molecule has 0 bridgehead atoms. The van der Waals surface area contributed by atoms with Crippen molar-refractivity contribution in [3.8, 4) is 11.8 Å². The fraction of sp³-hybridized carbons (Fsp3) is 0.400. The van der Waals surface area contributed by atoms with Gasteiger partial charge in [-0.25, -0.2) is 4.68 Å². The van der Waals surface area contributed by atoms with E-state index in [1.165, 1.54) is 0 Å². The molecule has 0 aliphatic rings. The maximum atomic E-state index is 8.96. The molecule has 0 saturated carbocycles. The van der Waals surface area contributed by atoms with Gasteiger partial charge in [-0.05, 0) is 45.0 Å². The zero-order chi connectivity index (χ0) is 14.5. The Kier molecular flexibility index (Phi) is 4.49. The second-order valence-corrected chi connectivity index (χ2v) is 4.81. The molecule has 1 heterocycles. The van der Waals surface area contributed by atoms with Crippen LogP contribution in [-0.2, 0) is 0 Å². The van der Waals surface area contributed by atoms with Gasteiger partial charge in [0.2, 0.25) is 0 Å². The second-order valence-electron chi connectivity index (χ2n) is 4.81. The van der Waals surface area contributed by atoms with Crippen molar-refractivity contribution in [2.45, 2.75) is 33.2 Å². The zero-order valence-electron chi connectivity index (χ0n) is 12.1. The Morgan fingerprint density at radius 3 is 2.95 bits per heavy atom. The van der Waals surface area contributed by atoms with E-state index in [0.29, 0.717) is 5.56 Å². The maximum absolute atomic E-state index is 8.96. The van der Waals surface area contributed by atoms with Crippen LogP contribution in [0, 0.1) is 18.3 Å². The third-order valence-corrected chi connectivity index (χ3v) is 3.26. The summed E-state index contributed by atoms with van der Waals surface area (Å²) in [5, 5.41) is 20.8. The molecule has 0 amide bonds. The van der Waals surface area contributed by atoms with Crippen molar-refractivity contribution in [2.75, 3.05) is 6.54 Å². The van der Waals surface area contributed by atoms with E-state index in [4.69, 9.17) is 5.26 Å². The predicted molar refractivity (Wildman–Crippen MR) is 77.5 cm³/mol. The molecule has 0 aliphatic heterocycles. The van der Waals surface area contributed by atoms with Crippen LogP contribution in [0.2, 0.25) is 0 Å². The Morgan fingerprint density at radius 2 is 2.25 bits per heavy atom. The molecule has 1 aromatic heterocycles. The molecule has 20 heavy (non-hydrogen) atoms. The van der Waals surface area contributed by atoms with E-state index in [1.807, 2.05) is 25.1 Å². The van der Waals surface area contributed by atoms with E-state index in [-0.39, 0.29) is 6.04 Å². The Morgan fingerprint density at radius 1 is 1.45 bits per heavy atom. The molecule has 0 spiro atoms. The lowest BCUT2D eigenvalue weighted by molar-refractivity contribution is 0.555. The zero-order valence-corrected chi connectivity index (χ0v) is 12.1. The monoisotopic (exact) mass is 269 g/mol. The number of rotatable bonds is 5.